The van der Waals surface area contributed by atoms with Crippen LogP contribution in [-0.2, 0) is 15.3 Å². The van der Waals surface area contributed by atoms with E-state index in [1.807, 2.05) is 36.4 Å². The van der Waals surface area contributed by atoms with Gasteiger partial charge in [-0.3, -0.25) is 14.5 Å². The molecule has 0 radical (unpaired) electrons. The fraction of sp³-hybridized carbons (Fsp3) is 0.0714. The summed E-state index contributed by atoms with van der Waals surface area (Å²) in [6.45, 7) is 0. The Labute approximate surface area is 234 Å². The summed E-state index contributed by atoms with van der Waals surface area (Å²) >= 11 is 5.87. The number of aromatic nitrogens is 2. The average molecular weight is 609 g/mol. The van der Waals surface area contributed by atoms with Crippen molar-refractivity contribution in [2.75, 3.05) is 4.90 Å². The molecule has 1 aliphatic heterocycles. The van der Waals surface area contributed by atoms with Crippen molar-refractivity contribution in [2.24, 2.45) is 0 Å². The number of halogens is 2. The highest BCUT2D eigenvalue weighted by atomic mass is 79.9. The molecule has 1 atom stereocenters. The number of amides is 1. The molecule has 3 aromatic carbocycles. The zero-order chi connectivity index (χ0) is 26.6. The molecule has 1 aromatic heterocycles. The first-order valence-corrected chi connectivity index (χ1v) is 14.0. The van der Waals surface area contributed by atoms with Crippen LogP contribution in [0.3, 0.4) is 0 Å². The Bertz CT molecular complexity index is 1570. The standard InChI is InChI=1S/C28H19BrFN3O3S2/c29-20-11-6-10-18(15-20)24-23(22(34)14-13-17-7-2-1-3-8-17)25(35)26(36)33(24)27-31-32-28(38-27)37-16-19-9-4-5-12-21(19)30/h1-15,24,35H,16H2/b14-13+. The fourth-order valence-corrected chi connectivity index (χ4v) is 6.26. The average Bonchev–Trinajstić information content (AvgIpc) is 3.49. The number of benzene rings is 3. The second-order valence-corrected chi connectivity index (χ2v) is 11.3. The number of carbonyl (C=O) groups is 2. The van der Waals surface area contributed by atoms with Crippen LogP contribution in [0.25, 0.3) is 6.08 Å². The minimum absolute atomic E-state index is 0.0453. The predicted octanol–water partition coefficient (Wildman–Crippen LogP) is 6.91. The summed E-state index contributed by atoms with van der Waals surface area (Å²) in [6, 6.07) is 22.0. The van der Waals surface area contributed by atoms with Crippen LogP contribution in [0.4, 0.5) is 9.52 Å². The fourth-order valence-electron chi connectivity index (χ4n) is 3.99. The molecule has 1 amide bonds. The summed E-state index contributed by atoms with van der Waals surface area (Å²) < 4.78 is 15.3. The van der Waals surface area contributed by atoms with Gasteiger partial charge >= 0.3 is 0 Å². The predicted molar refractivity (Wildman–Crippen MR) is 150 cm³/mol. The molecule has 4 aromatic rings. The molecular weight excluding hydrogens is 589 g/mol. The van der Waals surface area contributed by atoms with Crippen molar-refractivity contribution in [3.63, 3.8) is 0 Å². The molecule has 1 unspecified atom stereocenters. The topological polar surface area (TPSA) is 83.4 Å². The summed E-state index contributed by atoms with van der Waals surface area (Å²) in [4.78, 5) is 27.9. The smallest absolute Gasteiger partial charge is 0.296 e. The summed E-state index contributed by atoms with van der Waals surface area (Å²) in [5.74, 6) is -1.84. The Kier molecular flexibility index (Phi) is 7.82. The third-order valence-electron chi connectivity index (χ3n) is 5.78. The summed E-state index contributed by atoms with van der Waals surface area (Å²) in [6.07, 6.45) is 2.98. The summed E-state index contributed by atoms with van der Waals surface area (Å²) in [5, 5.41) is 19.4. The van der Waals surface area contributed by atoms with Gasteiger partial charge in [0.05, 0.1) is 11.6 Å². The zero-order valence-corrected chi connectivity index (χ0v) is 22.8. The lowest BCUT2D eigenvalue weighted by Crippen LogP contribution is -2.30. The Morgan fingerprint density at radius 1 is 1.08 bits per heavy atom. The molecule has 5 rings (SSSR count). The van der Waals surface area contributed by atoms with Gasteiger partial charge in [0.25, 0.3) is 5.91 Å². The molecular formula is C28H19BrFN3O3S2. The Balaban J connectivity index is 1.47. The van der Waals surface area contributed by atoms with E-state index in [0.29, 0.717) is 21.2 Å². The molecule has 0 spiro atoms. The maximum atomic E-state index is 14.0. The molecule has 190 valence electrons. The van der Waals surface area contributed by atoms with Crippen molar-refractivity contribution in [1.29, 1.82) is 0 Å². The minimum Gasteiger partial charge on any atom is -0.503 e. The highest BCUT2D eigenvalue weighted by Crippen LogP contribution is 2.43. The number of carbonyl (C=O) groups excluding carboxylic acids is 2. The van der Waals surface area contributed by atoms with Gasteiger partial charge < -0.3 is 5.11 Å². The molecule has 10 heteroatoms. The van der Waals surface area contributed by atoms with Gasteiger partial charge in [0.1, 0.15) is 5.82 Å². The van der Waals surface area contributed by atoms with Gasteiger partial charge in [-0.25, -0.2) is 4.39 Å². The van der Waals surface area contributed by atoms with Crippen molar-refractivity contribution < 1.29 is 19.1 Å². The maximum Gasteiger partial charge on any atom is 0.296 e. The summed E-state index contributed by atoms with van der Waals surface area (Å²) in [5.41, 5.74) is 1.90. The second-order valence-electron chi connectivity index (χ2n) is 8.23. The number of allylic oxidation sites excluding steroid dienone is 1. The number of nitrogens with zero attached hydrogens (tertiary/aromatic N) is 3. The van der Waals surface area contributed by atoms with E-state index in [2.05, 4.69) is 26.1 Å². The van der Waals surface area contributed by atoms with Gasteiger partial charge in [0.2, 0.25) is 5.13 Å². The van der Waals surface area contributed by atoms with Crippen molar-refractivity contribution in [3.8, 4) is 0 Å². The van der Waals surface area contributed by atoms with Gasteiger partial charge in [0.15, 0.2) is 15.9 Å². The lowest BCUT2D eigenvalue weighted by Gasteiger charge is -2.23. The maximum absolute atomic E-state index is 14.0. The van der Waals surface area contributed by atoms with Crippen molar-refractivity contribution >= 4 is 61.9 Å². The largest absolute Gasteiger partial charge is 0.503 e. The van der Waals surface area contributed by atoms with Crippen molar-refractivity contribution in [3.05, 3.63) is 123 Å². The van der Waals surface area contributed by atoms with Crippen LogP contribution >= 0.6 is 39.0 Å². The first kappa shape index (κ1) is 26.0. The lowest BCUT2D eigenvalue weighted by atomic mass is 9.96. The van der Waals surface area contributed by atoms with E-state index in [9.17, 15) is 19.1 Å². The van der Waals surface area contributed by atoms with Crippen LogP contribution in [0.2, 0.25) is 0 Å². The molecule has 2 heterocycles. The van der Waals surface area contributed by atoms with Crippen LogP contribution in [0.1, 0.15) is 22.7 Å². The number of aliphatic hydroxyl groups is 1. The Morgan fingerprint density at radius 3 is 2.61 bits per heavy atom. The molecule has 0 saturated carbocycles. The molecule has 0 fully saturated rings. The monoisotopic (exact) mass is 607 g/mol. The van der Waals surface area contributed by atoms with E-state index in [0.717, 1.165) is 21.4 Å². The number of hydrogen-bond donors (Lipinski definition) is 1. The molecule has 6 nitrogen and oxygen atoms in total. The summed E-state index contributed by atoms with van der Waals surface area (Å²) in [7, 11) is 0. The zero-order valence-electron chi connectivity index (χ0n) is 19.6. The van der Waals surface area contributed by atoms with E-state index in [1.165, 1.54) is 28.8 Å². The van der Waals surface area contributed by atoms with E-state index in [1.54, 1.807) is 42.5 Å². The number of thioether (sulfide) groups is 1. The molecule has 0 bridgehead atoms. The molecule has 1 aliphatic rings. The lowest BCUT2D eigenvalue weighted by molar-refractivity contribution is -0.117. The number of rotatable bonds is 8. The number of aliphatic hydroxyl groups excluding tert-OH is 1. The van der Waals surface area contributed by atoms with E-state index < -0.39 is 23.5 Å². The highest BCUT2D eigenvalue weighted by Gasteiger charge is 2.45. The molecule has 0 saturated heterocycles. The van der Waals surface area contributed by atoms with Crippen LogP contribution in [-0.4, -0.2) is 27.0 Å². The molecule has 1 N–H and O–H groups in total. The number of anilines is 1. The van der Waals surface area contributed by atoms with Gasteiger partial charge in [-0.05, 0) is 41.0 Å². The van der Waals surface area contributed by atoms with Gasteiger partial charge in [-0.1, -0.05) is 106 Å². The quantitative estimate of drug-likeness (QED) is 0.133. The molecule has 0 aliphatic carbocycles. The first-order valence-electron chi connectivity index (χ1n) is 11.4. The van der Waals surface area contributed by atoms with E-state index in [4.69, 9.17) is 0 Å². The van der Waals surface area contributed by atoms with Crippen molar-refractivity contribution in [2.45, 2.75) is 16.1 Å². The van der Waals surface area contributed by atoms with Gasteiger partial charge in [0, 0.05) is 10.2 Å². The normalized spacial score (nSPS) is 15.6. The number of hydrogen-bond acceptors (Lipinski definition) is 7. The third-order valence-corrected chi connectivity index (χ3v) is 8.37. The molecule has 38 heavy (non-hydrogen) atoms. The first-order chi connectivity index (χ1) is 18.4. The SMILES string of the molecule is O=C(/C=C/c1ccccc1)C1=C(O)C(=O)N(c2nnc(SCc3ccccc3F)s2)C1c1cccc(Br)c1. The Morgan fingerprint density at radius 2 is 1.84 bits per heavy atom. The van der Waals surface area contributed by atoms with Gasteiger partial charge in [-0.2, -0.15) is 0 Å². The van der Waals surface area contributed by atoms with Crippen LogP contribution in [0, 0.1) is 5.82 Å². The second kappa shape index (κ2) is 11.4. The van der Waals surface area contributed by atoms with Crippen LogP contribution in [0.15, 0.2) is 105 Å². The van der Waals surface area contributed by atoms with Gasteiger partial charge in [-0.15, -0.1) is 10.2 Å². The van der Waals surface area contributed by atoms with Crippen LogP contribution < -0.4 is 4.90 Å². The Hall–Kier alpha value is -3.60. The highest BCUT2D eigenvalue weighted by molar-refractivity contribution is 9.10. The number of ketones is 1. The van der Waals surface area contributed by atoms with Crippen molar-refractivity contribution in [1.82, 2.24) is 10.2 Å². The minimum atomic E-state index is -0.912. The third kappa shape index (κ3) is 5.47. The van der Waals surface area contributed by atoms with E-state index >= 15 is 0 Å². The van der Waals surface area contributed by atoms with E-state index in [-0.39, 0.29) is 16.5 Å². The van der Waals surface area contributed by atoms with Crippen LogP contribution in [0.5, 0.6) is 0 Å².